The Morgan fingerprint density at radius 1 is 1.23 bits per heavy atom. The van der Waals surface area contributed by atoms with Crippen LogP contribution in [-0.4, -0.2) is 27.1 Å². The van der Waals surface area contributed by atoms with Crippen LogP contribution in [-0.2, 0) is 0 Å². The van der Waals surface area contributed by atoms with Gasteiger partial charge in [-0.2, -0.15) is 0 Å². The third kappa shape index (κ3) is 3.47. The molecule has 3 aromatic heterocycles. The number of nitrogens with zero attached hydrogens (tertiary/aromatic N) is 3. The van der Waals surface area contributed by atoms with E-state index in [0.717, 1.165) is 51.5 Å². The van der Waals surface area contributed by atoms with E-state index in [0.29, 0.717) is 11.7 Å². The van der Waals surface area contributed by atoms with Gasteiger partial charge in [-0.25, -0.2) is 15.0 Å². The number of rotatable bonds is 4. The van der Waals surface area contributed by atoms with Crippen molar-refractivity contribution < 1.29 is 4.74 Å². The molecule has 0 unspecified atom stereocenters. The molecule has 1 fully saturated rings. The molecule has 8 heteroatoms. The average Bonchev–Trinajstić information content (AvgIpc) is 2.94. The average molecular weight is 390 g/mol. The molecule has 26 heavy (non-hydrogen) atoms. The first-order chi connectivity index (χ1) is 12.6. The van der Waals surface area contributed by atoms with Crippen LogP contribution in [0.4, 0.5) is 11.5 Å². The predicted molar refractivity (Wildman–Crippen MR) is 106 cm³/mol. The summed E-state index contributed by atoms with van der Waals surface area (Å²) in [7, 11) is 0. The number of pyridine rings is 1. The second kappa shape index (κ2) is 7.34. The van der Waals surface area contributed by atoms with Gasteiger partial charge < -0.3 is 15.8 Å². The molecule has 0 aromatic carbocycles. The molecule has 0 bridgehead atoms. The lowest BCUT2D eigenvalue weighted by Crippen LogP contribution is -2.31. The minimum Gasteiger partial charge on any atom is -0.473 e. The van der Waals surface area contributed by atoms with Gasteiger partial charge in [0.25, 0.3) is 0 Å². The zero-order chi connectivity index (χ0) is 18.1. The first kappa shape index (κ1) is 17.5. The van der Waals surface area contributed by atoms with Crippen molar-refractivity contribution in [2.75, 3.05) is 5.32 Å². The van der Waals surface area contributed by atoms with Crippen LogP contribution in [0.2, 0.25) is 4.34 Å². The third-order valence-corrected chi connectivity index (χ3v) is 6.19. The van der Waals surface area contributed by atoms with Crippen molar-refractivity contribution >= 4 is 44.7 Å². The van der Waals surface area contributed by atoms with Gasteiger partial charge in [-0.15, -0.1) is 11.3 Å². The van der Waals surface area contributed by atoms with E-state index in [-0.39, 0.29) is 12.1 Å². The summed E-state index contributed by atoms with van der Waals surface area (Å²) in [5.41, 5.74) is 7.74. The number of aryl methyl sites for hydroxylation is 1. The molecular formula is C18H20ClN5OS. The Kier molecular flexibility index (Phi) is 4.93. The fraction of sp³-hybridized carbons (Fsp3) is 0.389. The summed E-state index contributed by atoms with van der Waals surface area (Å²) in [6.45, 7) is 1.97. The predicted octanol–water partition coefficient (Wildman–Crippen LogP) is 4.44. The van der Waals surface area contributed by atoms with Gasteiger partial charge in [-0.05, 0) is 50.3 Å². The van der Waals surface area contributed by atoms with Crippen LogP contribution in [0.1, 0.15) is 31.2 Å². The van der Waals surface area contributed by atoms with Gasteiger partial charge in [0.05, 0.1) is 9.72 Å². The zero-order valence-corrected chi connectivity index (χ0v) is 16.0. The molecule has 1 aliphatic carbocycles. The molecule has 4 rings (SSSR count). The highest BCUT2D eigenvalue weighted by atomic mass is 35.5. The molecule has 0 spiro atoms. The maximum absolute atomic E-state index is 6.27. The van der Waals surface area contributed by atoms with Crippen molar-refractivity contribution in [3.63, 3.8) is 0 Å². The summed E-state index contributed by atoms with van der Waals surface area (Å²) in [5.74, 6) is 1.29. The number of fused-ring (bicyclic) bond motifs is 1. The Balaban J connectivity index is 1.61. The van der Waals surface area contributed by atoms with Crippen LogP contribution in [0, 0.1) is 6.92 Å². The molecule has 0 radical (unpaired) electrons. The molecule has 3 heterocycles. The maximum Gasteiger partial charge on any atom is 0.238 e. The number of aromatic nitrogens is 3. The van der Waals surface area contributed by atoms with E-state index in [4.69, 9.17) is 22.1 Å². The normalized spacial score (nSPS) is 20.3. The highest BCUT2D eigenvalue weighted by Gasteiger charge is 2.22. The summed E-state index contributed by atoms with van der Waals surface area (Å²) < 4.78 is 6.89. The van der Waals surface area contributed by atoms with Gasteiger partial charge >= 0.3 is 0 Å². The number of halogens is 1. The smallest absolute Gasteiger partial charge is 0.238 e. The Bertz CT molecular complexity index is 923. The second-order valence-corrected chi connectivity index (χ2v) is 8.14. The number of hydrogen-bond donors (Lipinski definition) is 2. The van der Waals surface area contributed by atoms with E-state index in [1.807, 2.05) is 19.1 Å². The summed E-state index contributed by atoms with van der Waals surface area (Å²) in [5, 5.41) is 4.28. The van der Waals surface area contributed by atoms with Crippen LogP contribution in [0.3, 0.4) is 0 Å². The number of nitrogens with two attached hydrogens (primary N) is 1. The monoisotopic (exact) mass is 389 g/mol. The third-order valence-electron chi connectivity index (χ3n) is 4.69. The first-order valence-corrected chi connectivity index (χ1v) is 9.85. The fourth-order valence-corrected chi connectivity index (χ4v) is 4.40. The Morgan fingerprint density at radius 3 is 2.85 bits per heavy atom. The van der Waals surface area contributed by atoms with Gasteiger partial charge in [0.15, 0.2) is 0 Å². The molecule has 0 saturated heterocycles. The number of ether oxygens (including phenoxy) is 1. The second-order valence-electron chi connectivity index (χ2n) is 6.54. The molecule has 3 N–H and O–H groups in total. The number of anilines is 2. The van der Waals surface area contributed by atoms with Crippen molar-refractivity contribution in [1.29, 1.82) is 0 Å². The number of hydrogen-bond acceptors (Lipinski definition) is 7. The Labute approximate surface area is 160 Å². The van der Waals surface area contributed by atoms with Gasteiger partial charge in [0.1, 0.15) is 28.8 Å². The van der Waals surface area contributed by atoms with E-state index < -0.39 is 0 Å². The van der Waals surface area contributed by atoms with Crippen molar-refractivity contribution in [1.82, 2.24) is 15.0 Å². The summed E-state index contributed by atoms with van der Waals surface area (Å²) in [6.07, 6.45) is 7.29. The van der Waals surface area contributed by atoms with Crippen molar-refractivity contribution in [3.8, 4) is 5.88 Å². The molecule has 136 valence electrons. The standard InChI is InChI=1S/C18H20ClN5OS/c1-10-14-16(22-9-23-18(14)26-15(10)19)24-13-3-2-8-21-17(13)25-12-6-4-11(20)5-7-12/h2-3,8-9,11-12H,4-7,20H2,1H3,(H,22,23,24)/t11-,12-. The molecule has 6 nitrogen and oxygen atoms in total. The van der Waals surface area contributed by atoms with Gasteiger partial charge in [-0.1, -0.05) is 11.6 Å². The topological polar surface area (TPSA) is 86.0 Å². The number of thiophene rings is 1. The molecule has 1 aliphatic rings. The lowest BCUT2D eigenvalue weighted by molar-refractivity contribution is 0.142. The first-order valence-electron chi connectivity index (χ1n) is 8.65. The Morgan fingerprint density at radius 2 is 2.04 bits per heavy atom. The Hall–Kier alpha value is -1.96. The van der Waals surface area contributed by atoms with Crippen LogP contribution >= 0.6 is 22.9 Å². The van der Waals surface area contributed by atoms with Crippen LogP contribution < -0.4 is 15.8 Å². The highest BCUT2D eigenvalue weighted by molar-refractivity contribution is 7.22. The lowest BCUT2D eigenvalue weighted by atomic mass is 9.94. The molecule has 0 amide bonds. The fourth-order valence-electron chi connectivity index (χ4n) is 3.21. The lowest BCUT2D eigenvalue weighted by Gasteiger charge is -2.27. The van der Waals surface area contributed by atoms with Crippen LogP contribution in [0.15, 0.2) is 24.7 Å². The van der Waals surface area contributed by atoms with Gasteiger partial charge in [-0.3, -0.25) is 0 Å². The molecule has 0 aliphatic heterocycles. The van der Waals surface area contributed by atoms with Crippen molar-refractivity contribution in [3.05, 3.63) is 34.6 Å². The summed E-state index contributed by atoms with van der Waals surface area (Å²) >= 11 is 7.73. The van der Waals surface area contributed by atoms with E-state index in [1.54, 1.807) is 6.20 Å². The maximum atomic E-state index is 6.27. The zero-order valence-electron chi connectivity index (χ0n) is 14.4. The minimum atomic E-state index is 0.146. The molecular weight excluding hydrogens is 370 g/mol. The molecule has 1 saturated carbocycles. The van der Waals surface area contributed by atoms with Crippen LogP contribution in [0.5, 0.6) is 5.88 Å². The van der Waals surface area contributed by atoms with Crippen LogP contribution in [0.25, 0.3) is 10.2 Å². The molecule has 3 aromatic rings. The van der Waals surface area contributed by atoms with Gasteiger partial charge in [0.2, 0.25) is 5.88 Å². The van der Waals surface area contributed by atoms with Gasteiger partial charge in [0, 0.05) is 12.2 Å². The van der Waals surface area contributed by atoms with E-state index in [2.05, 4.69) is 20.3 Å². The van der Waals surface area contributed by atoms with E-state index >= 15 is 0 Å². The number of nitrogens with one attached hydrogen (secondary N) is 1. The quantitative estimate of drug-likeness (QED) is 0.686. The van der Waals surface area contributed by atoms with Crippen molar-refractivity contribution in [2.45, 2.75) is 44.8 Å². The SMILES string of the molecule is Cc1c(Cl)sc2ncnc(Nc3cccnc3O[C@H]3CC[C@H](N)CC3)c12. The highest BCUT2D eigenvalue weighted by Crippen LogP contribution is 2.38. The summed E-state index contributed by atoms with van der Waals surface area (Å²) in [4.78, 5) is 14.0. The van der Waals surface area contributed by atoms with Crippen molar-refractivity contribution in [2.24, 2.45) is 5.73 Å². The largest absolute Gasteiger partial charge is 0.473 e. The van der Waals surface area contributed by atoms with E-state index in [9.17, 15) is 0 Å². The van der Waals surface area contributed by atoms with E-state index in [1.165, 1.54) is 17.7 Å². The summed E-state index contributed by atoms with van der Waals surface area (Å²) in [6, 6.07) is 4.10. The molecule has 0 atom stereocenters. The minimum absolute atomic E-state index is 0.146.